The fourth-order valence-corrected chi connectivity index (χ4v) is 1.63. The Morgan fingerprint density at radius 1 is 0.923 bits per heavy atom. The van der Waals surface area contributed by atoms with E-state index in [4.69, 9.17) is 0 Å². The van der Waals surface area contributed by atoms with E-state index in [0.29, 0.717) is 0 Å². The summed E-state index contributed by atoms with van der Waals surface area (Å²) in [5.74, 6) is 0. The van der Waals surface area contributed by atoms with E-state index in [2.05, 4.69) is 19.2 Å². The van der Waals surface area contributed by atoms with E-state index >= 15 is 0 Å². The van der Waals surface area contributed by atoms with Crippen molar-refractivity contribution >= 4 is 0 Å². The maximum absolute atomic E-state index is 3.38. The quantitative estimate of drug-likeness (QED) is 0.608. The van der Waals surface area contributed by atoms with Gasteiger partial charge >= 0.3 is 0 Å². The monoisotopic (exact) mass is 185 g/mol. The second-order valence-electron chi connectivity index (χ2n) is 3.96. The molecule has 0 atom stereocenters. The van der Waals surface area contributed by atoms with Crippen LogP contribution in [0.3, 0.4) is 0 Å². The van der Waals surface area contributed by atoms with Crippen molar-refractivity contribution in [2.45, 2.75) is 59.8 Å². The van der Waals surface area contributed by atoms with Gasteiger partial charge in [-0.05, 0) is 44.2 Å². The first-order chi connectivity index (χ1) is 6.33. The molecule has 0 aromatic rings. The van der Waals surface area contributed by atoms with Crippen molar-refractivity contribution in [1.82, 2.24) is 5.32 Å². The number of hydrogen-bond donors (Lipinski definition) is 1. The molecule has 1 saturated heterocycles. The first-order valence-electron chi connectivity index (χ1n) is 6.04. The lowest BCUT2D eigenvalue weighted by Crippen LogP contribution is -2.28. The predicted molar refractivity (Wildman–Crippen MR) is 61.1 cm³/mol. The number of hydrogen-bond acceptors (Lipinski definition) is 1. The molecule has 80 valence electrons. The summed E-state index contributed by atoms with van der Waals surface area (Å²) in [5, 5.41) is 3.38. The molecule has 1 spiro atoms. The fraction of sp³-hybridized carbons (Fsp3) is 1.00. The Bertz CT molecular complexity index is 97.7. The van der Waals surface area contributed by atoms with Crippen molar-refractivity contribution in [2.75, 3.05) is 13.1 Å². The van der Waals surface area contributed by atoms with Crippen LogP contribution in [0.1, 0.15) is 59.8 Å². The summed E-state index contributed by atoms with van der Waals surface area (Å²) in [7, 11) is 0. The van der Waals surface area contributed by atoms with Crippen LogP contribution in [-0.4, -0.2) is 13.1 Å². The van der Waals surface area contributed by atoms with Gasteiger partial charge in [-0.15, -0.1) is 0 Å². The van der Waals surface area contributed by atoms with Gasteiger partial charge in [-0.25, -0.2) is 0 Å². The molecule has 1 N–H and O–H groups in total. The van der Waals surface area contributed by atoms with Crippen molar-refractivity contribution in [2.24, 2.45) is 5.41 Å². The average Bonchev–Trinajstić information content (AvgIpc) is 2.91. The summed E-state index contributed by atoms with van der Waals surface area (Å²) in [6.07, 6.45) is 7.20. The molecule has 1 heteroatoms. The molecule has 0 amide bonds. The maximum Gasteiger partial charge on any atom is -0.00436 e. The van der Waals surface area contributed by atoms with Crippen molar-refractivity contribution in [3.63, 3.8) is 0 Å². The van der Waals surface area contributed by atoms with Crippen molar-refractivity contribution in [3.8, 4) is 0 Å². The molecule has 1 saturated carbocycles. The molecular formula is C12H27N. The molecular weight excluding hydrogens is 158 g/mol. The number of rotatable bonds is 0. The van der Waals surface area contributed by atoms with Gasteiger partial charge in [0.05, 0.1) is 0 Å². The van der Waals surface area contributed by atoms with Gasteiger partial charge in [-0.1, -0.05) is 34.1 Å². The summed E-state index contributed by atoms with van der Waals surface area (Å²) in [6.45, 7) is 10.8. The van der Waals surface area contributed by atoms with Crippen LogP contribution in [0.15, 0.2) is 0 Å². The van der Waals surface area contributed by atoms with Gasteiger partial charge in [0.15, 0.2) is 0 Å². The minimum absolute atomic E-state index is 0.866. The summed E-state index contributed by atoms with van der Waals surface area (Å²) < 4.78 is 0. The Hall–Kier alpha value is -0.0400. The smallest absolute Gasteiger partial charge is 0.00436 e. The van der Waals surface area contributed by atoms with E-state index in [1.807, 2.05) is 13.8 Å². The van der Waals surface area contributed by atoms with Gasteiger partial charge in [-0.2, -0.15) is 0 Å². The van der Waals surface area contributed by atoms with E-state index in [1.165, 1.54) is 45.2 Å². The Morgan fingerprint density at radius 2 is 1.31 bits per heavy atom. The van der Waals surface area contributed by atoms with Gasteiger partial charge in [-0.3, -0.25) is 0 Å². The van der Waals surface area contributed by atoms with E-state index in [-0.39, 0.29) is 0 Å². The molecule has 0 bridgehead atoms. The van der Waals surface area contributed by atoms with Crippen LogP contribution < -0.4 is 5.32 Å². The number of nitrogens with one attached hydrogen (secondary N) is 1. The van der Waals surface area contributed by atoms with Crippen LogP contribution >= 0.6 is 0 Å². The first kappa shape index (κ1) is 13.0. The molecule has 2 rings (SSSR count). The summed E-state index contributed by atoms with van der Waals surface area (Å²) in [5.41, 5.74) is 0.866. The molecule has 1 heterocycles. The first-order valence-corrected chi connectivity index (χ1v) is 6.04. The SMILES string of the molecule is C1CC2(CCN1)CC2.CC.CCC. The summed E-state index contributed by atoms with van der Waals surface area (Å²) in [6, 6.07) is 0. The molecule has 1 aliphatic carbocycles. The second kappa shape index (κ2) is 7.37. The summed E-state index contributed by atoms with van der Waals surface area (Å²) >= 11 is 0. The molecule has 0 unspecified atom stereocenters. The lowest BCUT2D eigenvalue weighted by Gasteiger charge is -2.20. The van der Waals surface area contributed by atoms with Gasteiger partial charge in [0.1, 0.15) is 0 Å². The zero-order chi connectivity index (χ0) is 10.2. The zero-order valence-corrected chi connectivity index (χ0v) is 9.95. The standard InChI is InChI=1S/C7H13N.C3H8.C2H6/c1-2-7(1)3-5-8-6-4-7;1-3-2;1-2/h8H,1-6H2;3H2,1-2H3;1-2H3. The Balaban J connectivity index is 0.000000251. The lowest BCUT2D eigenvalue weighted by molar-refractivity contribution is 0.353. The molecule has 0 aromatic heterocycles. The third kappa shape index (κ3) is 5.30. The largest absolute Gasteiger partial charge is 0.317 e. The maximum atomic E-state index is 3.38. The Kier molecular flexibility index (Phi) is 7.35. The van der Waals surface area contributed by atoms with Gasteiger partial charge in [0.25, 0.3) is 0 Å². The minimum Gasteiger partial charge on any atom is -0.317 e. The average molecular weight is 185 g/mol. The van der Waals surface area contributed by atoms with E-state index in [0.717, 1.165) is 5.41 Å². The third-order valence-electron chi connectivity index (χ3n) is 2.62. The van der Waals surface area contributed by atoms with Crippen LogP contribution in [0.2, 0.25) is 0 Å². The second-order valence-corrected chi connectivity index (χ2v) is 3.96. The normalized spacial score (nSPS) is 22.2. The molecule has 2 aliphatic rings. The lowest BCUT2D eigenvalue weighted by atomic mass is 9.95. The molecule has 13 heavy (non-hydrogen) atoms. The molecule has 0 aromatic carbocycles. The molecule has 1 nitrogen and oxygen atoms in total. The third-order valence-corrected chi connectivity index (χ3v) is 2.62. The van der Waals surface area contributed by atoms with Crippen molar-refractivity contribution in [1.29, 1.82) is 0 Å². The fourth-order valence-electron chi connectivity index (χ4n) is 1.63. The van der Waals surface area contributed by atoms with Crippen molar-refractivity contribution in [3.05, 3.63) is 0 Å². The Morgan fingerprint density at radius 3 is 1.54 bits per heavy atom. The zero-order valence-electron chi connectivity index (χ0n) is 9.95. The minimum atomic E-state index is 0.866. The topological polar surface area (TPSA) is 12.0 Å². The van der Waals surface area contributed by atoms with Crippen LogP contribution in [0.25, 0.3) is 0 Å². The highest BCUT2D eigenvalue weighted by atomic mass is 14.9. The van der Waals surface area contributed by atoms with E-state index < -0.39 is 0 Å². The number of piperidine rings is 1. The van der Waals surface area contributed by atoms with Gasteiger partial charge in [0.2, 0.25) is 0 Å². The van der Waals surface area contributed by atoms with Crippen molar-refractivity contribution < 1.29 is 0 Å². The van der Waals surface area contributed by atoms with Crippen LogP contribution in [-0.2, 0) is 0 Å². The van der Waals surface area contributed by atoms with Crippen LogP contribution in [0.5, 0.6) is 0 Å². The highest BCUT2D eigenvalue weighted by molar-refractivity contribution is 4.95. The molecule has 2 fully saturated rings. The highest BCUT2D eigenvalue weighted by Crippen LogP contribution is 2.52. The van der Waals surface area contributed by atoms with Gasteiger partial charge < -0.3 is 5.32 Å². The molecule has 1 aliphatic heterocycles. The van der Waals surface area contributed by atoms with Crippen LogP contribution in [0.4, 0.5) is 0 Å². The van der Waals surface area contributed by atoms with E-state index in [1.54, 1.807) is 0 Å². The highest BCUT2D eigenvalue weighted by Gasteiger charge is 2.42. The van der Waals surface area contributed by atoms with E-state index in [9.17, 15) is 0 Å². The van der Waals surface area contributed by atoms with Gasteiger partial charge in [0, 0.05) is 0 Å². The Labute approximate surface area is 84.3 Å². The predicted octanol–water partition coefficient (Wildman–Crippen LogP) is 3.59. The van der Waals surface area contributed by atoms with Crippen LogP contribution in [0, 0.1) is 5.41 Å². The summed E-state index contributed by atoms with van der Waals surface area (Å²) in [4.78, 5) is 0. The molecule has 0 radical (unpaired) electrons.